The molecule has 1 amide bonds. The molecule has 0 spiro atoms. The van der Waals surface area contributed by atoms with Gasteiger partial charge in [0, 0.05) is 0 Å². The van der Waals surface area contributed by atoms with Crippen LogP contribution < -0.4 is 5.32 Å². The zero-order chi connectivity index (χ0) is 19.2. The van der Waals surface area contributed by atoms with Gasteiger partial charge in [-0.15, -0.1) is 0 Å². The molecule has 0 aromatic heterocycles. The summed E-state index contributed by atoms with van der Waals surface area (Å²) in [5.41, 5.74) is 5.85. The monoisotopic (exact) mass is 365 g/mol. The average Bonchev–Trinajstić information content (AvgIpc) is 2.67. The largest absolute Gasteiger partial charge is 0.469 e. The van der Waals surface area contributed by atoms with Crippen LogP contribution in [0.5, 0.6) is 0 Å². The fraction of sp³-hybridized carbons (Fsp3) is 0.391. The number of ether oxygens (including phenoxy) is 1. The number of hydrogen-bond acceptors (Lipinski definition) is 3. The van der Waals surface area contributed by atoms with Crippen LogP contribution in [0.1, 0.15) is 53.1 Å². The third kappa shape index (κ3) is 5.19. The van der Waals surface area contributed by atoms with E-state index < -0.39 is 0 Å². The van der Waals surface area contributed by atoms with Crippen molar-refractivity contribution in [3.8, 4) is 0 Å². The molecule has 0 unspecified atom stereocenters. The van der Waals surface area contributed by atoms with Crippen molar-refractivity contribution in [1.82, 2.24) is 5.32 Å². The van der Waals surface area contributed by atoms with Gasteiger partial charge in [-0.05, 0) is 54.9 Å². The predicted octanol–water partition coefficient (Wildman–Crippen LogP) is 3.84. The molecule has 0 saturated heterocycles. The maximum absolute atomic E-state index is 12.6. The molecule has 27 heavy (non-hydrogen) atoms. The highest BCUT2D eigenvalue weighted by Crippen LogP contribution is 2.23. The highest BCUT2D eigenvalue weighted by Gasteiger charge is 2.19. The van der Waals surface area contributed by atoms with Crippen LogP contribution in [0.2, 0.25) is 0 Å². The van der Waals surface area contributed by atoms with Gasteiger partial charge in [0.1, 0.15) is 0 Å². The van der Waals surface area contributed by atoms with Crippen molar-refractivity contribution >= 4 is 11.9 Å². The summed E-state index contributed by atoms with van der Waals surface area (Å²) < 4.78 is 4.80. The number of methoxy groups -OCH3 is 1. The summed E-state index contributed by atoms with van der Waals surface area (Å²) in [5, 5.41) is 3.01. The van der Waals surface area contributed by atoms with Gasteiger partial charge >= 0.3 is 5.97 Å². The maximum Gasteiger partial charge on any atom is 0.307 e. The first kappa shape index (κ1) is 19.2. The molecule has 0 fully saturated rings. The smallest absolute Gasteiger partial charge is 0.307 e. The Morgan fingerprint density at radius 3 is 2.44 bits per heavy atom. The first-order chi connectivity index (χ1) is 13.0. The molecular weight excluding hydrogens is 338 g/mol. The number of nitrogens with one attached hydrogen (secondary N) is 1. The predicted molar refractivity (Wildman–Crippen MR) is 105 cm³/mol. The lowest BCUT2D eigenvalue weighted by molar-refractivity contribution is -0.141. The Labute approximate surface area is 160 Å². The van der Waals surface area contributed by atoms with Crippen molar-refractivity contribution in [1.29, 1.82) is 0 Å². The van der Waals surface area contributed by atoms with Crippen LogP contribution >= 0.6 is 0 Å². The lowest BCUT2D eigenvalue weighted by Crippen LogP contribution is -2.31. The Balaban J connectivity index is 1.70. The third-order valence-electron chi connectivity index (χ3n) is 5.19. The minimum atomic E-state index is -0.386. The first-order valence-electron chi connectivity index (χ1n) is 9.58. The third-order valence-corrected chi connectivity index (χ3v) is 5.19. The molecular formula is C23H27NO3. The van der Waals surface area contributed by atoms with E-state index in [1.165, 1.54) is 31.1 Å². The van der Waals surface area contributed by atoms with Crippen molar-refractivity contribution in [2.24, 2.45) is 0 Å². The molecule has 1 N–H and O–H groups in total. The van der Waals surface area contributed by atoms with E-state index in [-0.39, 0.29) is 24.3 Å². The summed E-state index contributed by atoms with van der Waals surface area (Å²) >= 11 is 0. The Bertz CT molecular complexity index is 811. The van der Waals surface area contributed by atoms with Crippen LogP contribution in [-0.2, 0) is 33.6 Å². The second-order valence-electron chi connectivity index (χ2n) is 7.30. The number of benzene rings is 2. The van der Waals surface area contributed by atoms with Crippen LogP contribution in [0.15, 0.2) is 42.5 Å². The van der Waals surface area contributed by atoms with Gasteiger partial charge in [-0.3, -0.25) is 9.59 Å². The number of hydrogen-bond donors (Lipinski definition) is 1. The standard InChI is InChI=1S/C23H27NO3/c1-16-7-10-19(11-8-16)21(15-23(26)27-2)24-22(25)14-17-9-12-18-5-3-4-6-20(18)13-17/h7-13,21H,3-6,14-15H2,1-2H3,(H,24,25)/t21-/m0/s1. The second-order valence-corrected chi connectivity index (χ2v) is 7.30. The van der Waals surface area contributed by atoms with E-state index in [0.29, 0.717) is 6.42 Å². The Hall–Kier alpha value is -2.62. The summed E-state index contributed by atoms with van der Waals surface area (Å²) in [6.45, 7) is 2.01. The molecule has 3 rings (SSSR count). The molecule has 0 heterocycles. The van der Waals surface area contributed by atoms with E-state index in [1.807, 2.05) is 37.3 Å². The summed E-state index contributed by atoms with van der Waals surface area (Å²) in [4.78, 5) is 24.4. The number of amides is 1. The van der Waals surface area contributed by atoms with Crippen LogP contribution in [0, 0.1) is 6.92 Å². The fourth-order valence-electron chi connectivity index (χ4n) is 3.63. The molecule has 2 aromatic carbocycles. The van der Waals surface area contributed by atoms with E-state index in [0.717, 1.165) is 29.5 Å². The van der Waals surface area contributed by atoms with Gasteiger partial charge in [0.25, 0.3) is 0 Å². The number of aryl methyl sites for hydroxylation is 3. The molecule has 0 aliphatic heterocycles. The van der Waals surface area contributed by atoms with Crippen LogP contribution in [0.25, 0.3) is 0 Å². The molecule has 1 aliphatic rings. The molecule has 1 atom stereocenters. The molecule has 0 radical (unpaired) electrons. The number of carbonyl (C=O) groups is 2. The van der Waals surface area contributed by atoms with Crippen LogP contribution in [-0.4, -0.2) is 19.0 Å². The lowest BCUT2D eigenvalue weighted by Gasteiger charge is -2.19. The number of fused-ring (bicyclic) bond motifs is 1. The van der Waals surface area contributed by atoms with E-state index >= 15 is 0 Å². The minimum absolute atomic E-state index is 0.0831. The van der Waals surface area contributed by atoms with E-state index in [1.54, 1.807) is 0 Å². The number of carbonyl (C=O) groups excluding carboxylic acids is 2. The minimum Gasteiger partial charge on any atom is -0.469 e. The Kier molecular flexibility index (Phi) is 6.28. The van der Waals surface area contributed by atoms with Crippen molar-refractivity contribution in [2.45, 2.75) is 51.5 Å². The van der Waals surface area contributed by atoms with Gasteiger partial charge in [-0.2, -0.15) is 0 Å². The van der Waals surface area contributed by atoms with Gasteiger partial charge in [0.2, 0.25) is 5.91 Å². The zero-order valence-corrected chi connectivity index (χ0v) is 16.1. The highest BCUT2D eigenvalue weighted by atomic mass is 16.5. The van der Waals surface area contributed by atoms with Crippen molar-refractivity contribution < 1.29 is 14.3 Å². The number of rotatable bonds is 6. The van der Waals surface area contributed by atoms with E-state index in [2.05, 4.69) is 17.4 Å². The molecule has 0 saturated carbocycles. The zero-order valence-electron chi connectivity index (χ0n) is 16.1. The van der Waals surface area contributed by atoms with Gasteiger partial charge < -0.3 is 10.1 Å². The molecule has 0 bridgehead atoms. The van der Waals surface area contributed by atoms with Crippen molar-refractivity contribution in [2.75, 3.05) is 7.11 Å². The summed E-state index contributed by atoms with van der Waals surface area (Å²) in [6, 6.07) is 13.8. The van der Waals surface area contributed by atoms with E-state index in [4.69, 9.17) is 4.74 Å². The summed E-state index contributed by atoms with van der Waals surface area (Å²) in [5.74, 6) is -0.421. The van der Waals surface area contributed by atoms with Gasteiger partial charge in [-0.1, -0.05) is 48.0 Å². The molecule has 4 heteroatoms. The quantitative estimate of drug-likeness (QED) is 0.792. The average molecular weight is 365 g/mol. The summed E-state index contributed by atoms with van der Waals surface area (Å²) in [7, 11) is 1.36. The lowest BCUT2D eigenvalue weighted by atomic mass is 9.90. The molecule has 142 valence electrons. The van der Waals surface area contributed by atoms with Crippen LogP contribution in [0.4, 0.5) is 0 Å². The normalized spacial score (nSPS) is 14.1. The second kappa shape index (κ2) is 8.85. The van der Waals surface area contributed by atoms with Crippen molar-refractivity contribution in [3.05, 3.63) is 70.3 Å². The van der Waals surface area contributed by atoms with Gasteiger partial charge in [0.15, 0.2) is 0 Å². The van der Waals surface area contributed by atoms with Crippen LogP contribution in [0.3, 0.4) is 0 Å². The Morgan fingerprint density at radius 1 is 1.04 bits per heavy atom. The number of esters is 1. The summed E-state index contributed by atoms with van der Waals surface area (Å²) in [6.07, 6.45) is 5.14. The van der Waals surface area contributed by atoms with Crippen molar-refractivity contribution in [3.63, 3.8) is 0 Å². The molecule has 4 nitrogen and oxygen atoms in total. The Morgan fingerprint density at radius 2 is 1.74 bits per heavy atom. The first-order valence-corrected chi connectivity index (χ1v) is 9.58. The topological polar surface area (TPSA) is 55.4 Å². The molecule has 1 aliphatic carbocycles. The van der Waals surface area contributed by atoms with Gasteiger partial charge in [-0.25, -0.2) is 0 Å². The maximum atomic E-state index is 12.6. The fourth-order valence-corrected chi connectivity index (χ4v) is 3.63. The van der Waals surface area contributed by atoms with Gasteiger partial charge in [0.05, 0.1) is 26.0 Å². The highest BCUT2D eigenvalue weighted by molar-refractivity contribution is 5.80. The molecule has 2 aromatic rings. The SMILES string of the molecule is COC(=O)C[C@H](NC(=O)Cc1ccc2c(c1)CCCC2)c1ccc(C)cc1. The van der Waals surface area contributed by atoms with E-state index in [9.17, 15) is 9.59 Å².